The Morgan fingerprint density at radius 2 is 1.90 bits per heavy atom. The molecule has 2 amide bonds. The van der Waals surface area contributed by atoms with Crippen LogP contribution in [0.4, 0.5) is 4.79 Å². The van der Waals surface area contributed by atoms with E-state index in [1.165, 1.54) is 11.1 Å². The Balaban J connectivity index is 1.59. The van der Waals surface area contributed by atoms with E-state index >= 15 is 0 Å². The summed E-state index contributed by atoms with van der Waals surface area (Å²) in [6.45, 7) is 4.56. The van der Waals surface area contributed by atoms with Crippen LogP contribution in [-0.4, -0.2) is 63.9 Å². The maximum absolute atomic E-state index is 12.0. The van der Waals surface area contributed by atoms with Crippen molar-refractivity contribution in [2.45, 2.75) is 32.2 Å². The third-order valence-corrected chi connectivity index (χ3v) is 5.74. The molecule has 160 valence electrons. The molecule has 29 heavy (non-hydrogen) atoms. The van der Waals surface area contributed by atoms with Gasteiger partial charge in [-0.2, -0.15) is 0 Å². The zero-order valence-corrected chi connectivity index (χ0v) is 17.5. The van der Waals surface area contributed by atoms with Gasteiger partial charge in [0.2, 0.25) is 0 Å². The minimum absolute atomic E-state index is 0.115. The average molecular weight is 405 g/mol. The van der Waals surface area contributed by atoms with Crippen molar-refractivity contribution >= 4 is 12.0 Å². The monoisotopic (exact) mass is 405 g/mol. The number of piperidine rings is 1. The van der Waals surface area contributed by atoms with Crippen LogP contribution in [0.25, 0.3) is 0 Å². The molecular formula is C21H31N3O5. The Labute approximate surface area is 171 Å². The summed E-state index contributed by atoms with van der Waals surface area (Å²) in [4.78, 5) is 25.8. The fraction of sp³-hybridized carbons (Fsp3) is 0.619. The average Bonchev–Trinajstić information content (AvgIpc) is 2.75. The van der Waals surface area contributed by atoms with Crippen LogP contribution in [0.1, 0.15) is 36.9 Å². The highest BCUT2D eigenvalue weighted by molar-refractivity contribution is 5.80. The van der Waals surface area contributed by atoms with Crippen LogP contribution in [0.5, 0.6) is 11.5 Å². The van der Waals surface area contributed by atoms with Gasteiger partial charge in [-0.25, -0.2) is 4.79 Å². The summed E-state index contributed by atoms with van der Waals surface area (Å²) >= 11 is 0. The predicted molar refractivity (Wildman–Crippen MR) is 108 cm³/mol. The van der Waals surface area contributed by atoms with Gasteiger partial charge in [-0.3, -0.25) is 9.69 Å². The number of carbonyl (C=O) groups excluding carboxylic acids is 2. The first-order valence-electron chi connectivity index (χ1n) is 10.2. The van der Waals surface area contributed by atoms with E-state index in [-0.39, 0.29) is 12.6 Å². The lowest BCUT2D eigenvalue weighted by atomic mass is 9.82. The molecule has 1 aromatic carbocycles. The van der Waals surface area contributed by atoms with Crippen LogP contribution >= 0.6 is 0 Å². The lowest BCUT2D eigenvalue weighted by Crippen LogP contribution is -2.45. The SMILES string of the molecule is CCOC(=O)CNC(=O)NC[C@@H]1CCN2CCc3cc(OC)c(OC)cc3C2C1. The standard InChI is InChI=1S/C21H31N3O5/c1-4-29-20(25)13-23-21(26)22-12-14-5-7-24-8-6-15-10-18(27-2)19(28-3)11-16(15)17(24)9-14/h10-11,14,17H,4-9,12-13H2,1-3H3,(H2,22,23,26)/t14-,17?/m1/s1. The zero-order valence-electron chi connectivity index (χ0n) is 17.5. The summed E-state index contributed by atoms with van der Waals surface area (Å²) in [5.41, 5.74) is 2.61. The number of carbonyl (C=O) groups is 2. The van der Waals surface area contributed by atoms with E-state index in [1.807, 2.05) is 0 Å². The number of nitrogens with one attached hydrogen (secondary N) is 2. The Morgan fingerprint density at radius 3 is 2.62 bits per heavy atom. The van der Waals surface area contributed by atoms with Crippen LogP contribution in [0.3, 0.4) is 0 Å². The Morgan fingerprint density at radius 1 is 1.14 bits per heavy atom. The Kier molecular flexibility index (Phi) is 7.19. The number of fused-ring (bicyclic) bond motifs is 3. The molecule has 0 aliphatic carbocycles. The van der Waals surface area contributed by atoms with Gasteiger partial charge in [0.05, 0.1) is 20.8 Å². The zero-order chi connectivity index (χ0) is 20.8. The number of esters is 1. The molecular weight excluding hydrogens is 374 g/mol. The van der Waals surface area contributed by atoms with Gasteiger partial charge in [-0.1, -0.05) is 0 Å². The fourth-order valence-corrected chi connectivity index (χ4v) is 4.26. The molecule has 2 N–H and O–H groups in total. The normalized spacial score (nSPS) is 20.8. The second-order valence-corrected chi connectivity index (χ2v) is 7.47. The van der Waals surface area contributed by atoms with Gasteiger partial charge in [-0.05, 0) is 61.9 Å². The van der Waals surface area contributed by atoms with Gasteiger partial charge in [-0.15, -0.1) is 0 Å². The lowest BCUT2D eigenvalue weighted by Gasteiger charge is -2.43. The molecule has 0 aromatic heterocycles. The fourth-order valence-electron chi connectivity index (χ4n) is 4.26. The van der Waals surface area contributed by atoms with Crippen LogP contribution in [0.15, 0.2) is 12.1 Å². The maximum Gasteiger partial charge on any atom is 0.325 e. The lowest BCUT2D eigenvalue weighted by molar-refractivity contribution is -0.141. The molecule has 1 aromatic rings. The summed E-state index contributed by atoms with van der Waals surface area (Å²) in [7, 11) is 3.32. The molecule has 2 aliphatic rings. The quantitative estimate of drug-likeness (QED) is 0.674. The van der Waals surface area contributed by atoms with Gasteiger partial charge in [0, 0.05) is 19.1 Å². The molecule has 8 nitrogen and oxygen atoms in total. The van der Waals surface area contributed by atoms with E-state index in [0.717, 1.165) is 43.9 Å². The molecule has 0 spiro atoms. The highest BCUT2D eigenvalue weighted by atomic mass is 16.5. The second-order valence-electron chi connectivity index (χ2n) is 7.47. The molecule has 2 atom stereocenters. The topological polar surface area (TPSA) is 89.1 Å². The second kappa shape index (κ2) is 9.82. The summed E-state index contributed by atoms with van der Waals surface area (Å²) in [5, 5.41) is 5.43. The summed E-state index contributed by atoms with van der Waals surface area (Å²) in [5.74, 6) is 1.47. The molecule has 0 saturated carbocycles. The predicted octanol–water partition coefficient (Wildman–Crippen LogP) is 1.88. The highest BCUT2D eigenvalue weighted by Crippen LogP contribution is 2.42. The number of nitrogens with zero attached hydrogens (tertiary/aromatic N) is 1. The number of urea groups is 1. The van der Waals surface area contributed by atoms with Gasteiger partial charge in [0.1, 0.15) is 6.54 Å². The summed E-state index contributed by atoms with van der Waals surface area (Å²) in [6, 6.07) is 4.18. The minimum Gasteiger partial charge on any atom is -0.493 e. The van der Waals surface area contributed by atoms with Crippen molar-refractivity contribution in [1.82, 2.24) is 15.5 Å². The van der Waals surface area contributed by atoms with E-state index in [9.17, 15) is 9.59 Å². The van der Waals surface area contributed by atoms with Crippen molar-refractivity contribution in [3.63, 3.8) is 0 Å². The first kappa shape index (κ1) is 21.2. The van der Waals surface area contributed by atoms with Crippen molar-refractivity contribution in [3.05, 3.63) is 23.3 Å². The third-order valence-electron chi connectivity index (χ3n) is 5.74. The Hall–Kier alpha value is -2.48. The van der Waals surface area contributed by atoms with Crippen LogP contribution < -0.4 is 20.1 Å². The van der Waals surface area contributed by atoms with Crippen molar-refractivity contribution in [3.8, 4) is 11.5 Å². The van der Waals surface area contributed by atoms with Crippen LogP contribution in [0, 0.1) is 5.92 Å². The molecule has 0 bridgehead atoms. The van der Waals surface area contributed by atoms with Crippen LogP contribution in [-0.2, 0) is 16.0 Å². The van der Waals surface area contributed by atoms with Gasteiger partial charge < -0.3 is 24.8 Å². The largest absolute Gasteiger partial charge is 0.493 e. The Bertz CT molecular complexity index is 739. The molecule has 2 heterocycles. The van der Waals surface area contributed by atoms with E-state index in [4.69, 9.17) is 14.2 Å². The van der Waals surface area contributed by atoms with E-state index < -0.39 is 5.97 Å². The smallest absolute Gasteiger partial charge is 0.325 e. The maximum atomic E-state index is 12.0. The number of hydrogen-bond acceptors (Lipinski definition) is 6. The number of methoxy groups -OCH3 is 2. The van der Waals surface area contributed by atoms with E-state index in [1.54, 1.807) is 21.1 Å². The minimum atomic E-state index is -0.431. The summed E-state index contributed by atoms with van der Waals surface area (Å²) in [6.07, 6.45) is 3.02. The number of rotatable bonds is 7. The van der Waals surface area contributed by atoms with Gasteiger partial charge in [0.25, 0.3) is 0 Å². The highest BCUT2D eigenvalue weighted by Gasteiger charge is 2.34. The molecule has 1 fully saturated rings. The first-order valence-corrected chi connectivity index (χ1v) is 10.2. The van der Waals surface area contributed by atoms with Gasteiger partial charge in [0.15, 0.2) is 11.5 Å². The number of benzene rings is 1. The van der Waals surface area contributed by atoms with Crippen molar-refractivity contribution < 1.29 is 23.8 Å². The van der Waals surface area contributed by atoms with E-state index in [0.29, 0.717) is 25.1 Å². The summed E-state index contributed by atoms with van der Waals surface area (Å²) < 4.78 is 15.8. The molecule has 3 rings (SSSR count). The van der Waals surface area contributed by atoms with Crippen molar-refractivity contribution in [2.24, 2.45) is 5.92 Å². The van der Waals surface area contributed by atoms with E-state index in [2.05, 4.69) is 27.7 Å². The molecule has 8 heteroatoms. The van der Waals surface area contributed by atoms with Gasteiger partial charge >= 0.3 is 12.0 Å². The van der Waals surface area contributed by atoms with Crippen LogP contribution in [0.2, 0.25) is 0 Å². The number of hydrogen-bond donors (Lipinski definition) is 2. The molecule has 2 aliphatic heterocycles. The van der Waals surface area contributed by atoms with Crippen molar-refractivity contribution in [1.29, 1.82) is 0 Å². The third kappa shape index (κ3) is 5.12. The molecule has 0 radical (unpaired) electrons. The molecule has 1 saturated heterocycles. The number of amides is 2. The van der Waals surface area contributed by atoms with Crippen molar-refractivity contribution in [2.75, 3.05) is 47.0 Å². The number of ether oxygens (including phenoxy) is 3. The first-order chi connectivity index (χ1) is 14.0. The molecule has 1 unspecified atom stereocenters.